The van der Waals surface area contributed by atoms with E-state index in [1.54, 1.807) is 12.3 Å². The Labute approximate surface area is 191 Å². The Bertz CT molecular complexity index is 1370. The van der Waals surface area contributed by atoms with Crippen LogP contribution in [0.4, 0.5) is 4.39 Å². The summed E-state index contributed by atoms with van der Waals surface area (Å²) in [5, 5.41) is 5.19. The van der Waals surface area contributed by atoms with Crippen LogP contribution in [0.3, 0.4) is 0 Å². The minimum absolute atomic E-state index is 0.0917. The molecule has 1 amide bonds. The van der Waals surface area contributed by atoms with Gasteiger partial charge in [0.05, 0.1) is 30.0 Å². The maximum atomic E-state index is 14.6. The van der Waals surface area contributed by atoms with Gasteiger partial charge in [0.2, 0.25) is 5.91 Å². The molecular weight excluding hydrogens is 417 g/mol. The van der Waals surface area contributed by atoms with Crippen LogP contribution in [0.5, 0.6) is 5.75 Å². The average molecular weight is 442 g/mol. The Hall–Kier alpha value is -3.80. The summed E-state index contributed by atoms with van der Waals surface area (Å²) < 4.78 is 20.7. The minimum atomic E-state index is -0.339. The molecule has 1 aromatic heterocycles. The van der Waals surface area contributed by atoms with E-state index in [1.165, 1.54) is 6.07 Å². The van der Waals surface area contributed by atoms with Gasteiger partial charge >= 0.3 is 0 Å². The van der Waals surface area contributed by atoms with Gasteiger partial charge < -0.3 is 10.1 Å². The molecule has 0 radical (unpaired) electrons. The molecule has 0 saturated carbocycles. The molecule has 4 aromatic rings. The van der Waals surface area contributed by atoms with E-state index in [-0.39, 0.29) is 24.2 Å². The highest BCUT2D eigenvalue weighted by Gasteiger charge is 2.30. The van der Waals surface area contributed by atoms with Crippen LogP contribution in [0.15, 0.2) is 60.8 Å². The van der Waals surface area contributed by atoms with Crippen LogP contribution in [0, 0.1) is 19.7 Å². The molecule has 1 N–H and O–H groups in total. The number of carbonyl (C=O) groups excluding carboxylic acids is 1. The van der Waals surface area contributed by atoms with Crippen molar-refractivity contribution in [2.45, 2.75) is 32.8 Å². The normalized spacial score (nSPS) is 14.7. The zero-order chi connectivity index (χ0) is 22.9. The van der Waals surface area contributed by atoms with Gasteiger partial charge in [-0.2, -0.15) is 0 Å². The van der Waals surface area contributed by atoms with E-state index in [4.69, 9.17) is 4.74 Å². The third-order valence-electron chi connectivity index (χ3n) is 5.96. The second kappa shape index (κ2) is 8.62. The zero-order valence-corrected chi connectivity index (χ0v) is 18.6. The molecule has 6 heteroatoms. The fraction of sp³-hybridized carbons (Fsp3) is 0.222. The van der Waals surface area contributed by atoms with E-state index in [1.807, 2.05) is 56.3 Å². The van der Waals surface area contributed by atoms with Gasteiger partial charge in [0.1, 0.15) is 17.7 Å². The Morgan fingerprint density at radius 2 is 1.94 bits per heavy atom. The minimum Gasteiger partial charge on any atom is -0.487 e. The smallest absolute Gasteiger partial charge is 0.224 e. The number of amides is 1. The molecular formula is C27H24FN3O2. The van der Waals surface area contributed by atoms with Crippen LogP contribution in [0.2, 0.25) is 0 Å². The first-order valence-electron chi connectivity index (χ1n) is 11.0. The second-order valence-corrected chi connectivity index (χ2v) is 8.45. The fourth-order valence-corrected chi connectivity index (χ4v) is 4.28. The maximum Gasteiger partial charge on any atom is 0.224 e. The molecule has 1 aliphatic rings. The number of hydrogen-bond acceptors (Lipinski definition) is 4. The van der Waals surface area contributed by atoms with E-state index in [2.05, 4.69) is 15.3 Å². The van der Waals surface area contributed by atoms with Crippen LogP contribution in [0.25, 0.3) is 22.0 Å². The molecule has 3 aromatic carbocycles. The molecule has 0 saturated heterocycles. The number of aromatic nitrogens is 2. The molecule has 0 bridgehead atoms. The summed E-state index contributed by atoms with van der Waals surface area (Å²) in [6, 6.07) is 17.2. The third kappa shape index (κ3) is 4.29. The third-order valence-corrected chi connectivity index (χ3v) is 5.96. The molecule has 1 atom stereocenters. The summed E-state index contributed by atoms with van der Waals surface area (Å²) in [5.74, 6) is 0.0923. The van der Waals surface area contributed by atoms with Gasteiger partial charge in [-0.3, -0.25) is 9.78 Å². The lowest BCUT2D eigenvalue weighted by Gasteiger charge is -2.14. The maximum absolute atomic E-state index is 14.6. The first-order chi connectivity index (χ1) is 16.0. The van der Waals surface area contributed by atoms with Crippen LogP contribution in [-0.2, 0) is 17.6 Å². The highest BCUT2D eigenvalue weighted by Crippen LogP contribution is 2.40. The van der Waals surface area contributed by atoms with Gasteiger partial charge in [0.15, 0.2) is 0 Å². The zero-order valence-electron chi connectivity index (χ0n) is 18.6. The summed E-state index contributed by atoms with van der Waals surface area (Å²) in [6.07, 6.45) is 2.04. The fourth-order valence-electron chi connectivity index (χ4n) is 4.28. The Kier molecular flexibility index (Phi) is 5.50. The molecule has 0 fully saturated rings. The SMILES string of the molecule is Cc1cnc(C)c(-c2ccc(F)c3c2OC(CNC(=O)Cc2ccc4ccccc4c2)C3)n1. The van der Waals surface area contributed by atoms with Crippen molar-refractivity contribution < 1.29 is 13.9 Å². The van der Waals surface area contributed by atoms with E-state index in [9.17, 15) is 9.18 Å². The lowest BCUT2D eigenvalue weighted by Crippen LogP contribution is -2.35. The predicted molar refractivity (Wildman–Crippen MR) is 126 cm³/mol. The average Bonchev–Trinajstić information content (AvgIpc) is 3.25. The van der Waals surface area contributed by atoms with Gasteiger partial charge in [0.25, 0.3) is 0 Å². The van der Waals surface area contributed by atoms with Crippen LogP contribution >= 0.6 is 0 Å². The van der Waals surface area contributed by atoms with E-state index >= 15 is 0 Å². The summed E-state index contributed by atoms with van der Waals surface area (Å²) in [4.78, 5) is 21.5. The van der Waals surface area contributed by atoms with Crippen molar-refractivity contribution in [3.63, 3.8) is 0 Å². The molecule has 5 rings (SSSR count). The lowest BCUT2D eigenvalue weighted by atomic mass is 10.0. The molecule has 0 spiro atoms. The number of carbonyl (C=O) groups is 1. The molecule has 166 valence electrons. The summed E-state index contributed by atoms with van der Waals surface area (Å²) in [5.41, 5.74) is 4.42. The van der Waals surface area contributed by atoms with Crippen molar-refractivity contribution >= 4 is 16.7 Å². The molecule has 0 aliphatic carbocycles. The van der Waals surface area contributed by atoms with Crippen LogP contribution in [-0.4, -0.2) is 28.5 Å². The summed E-state index contributed by atoms with van der Waals surface area (Å²) in [6.45, 7) is 4.05. The first-order valence-corrected chi connectivity index (χ1v) is 11.0. The Morgan fingerprint density at radius 3 is 2.79 bits per heavy atom. The number of halogens is 1. The van der Waals surface area contributed by atoms with Gasteiger partial charge in [0, 0.05) is 23.7 Å². The van der Waals surface area contributed by atoms with Gasteiger partial charge in [-0.1, -0.05) is 42.5 Å². The van der Waals surface area contributed by atoms with Crippen molar-refractivity contribution in [2.75, 3.05) is 6.54 Å². The number of benzene rings is 3. The van der Waals surface area contributed by atoms with Crippen molar-refractivity contribution in [2.24, 2.45) is 0 Å². The lowest BCUT2D eigenvalue weighted by molar-refractivity contribution is -0.120. The van der Waals surface area contributed by atoms with E-state index in [0.29, 0.717) is 30.0 Å². The molecule has 33 heavy (non-hydrogen) atoms. The van der Waals surface area contributed by atoms with E-state index < -0.39 is 0 Å². The quantitative estimate of drug-likeness (QED) is 0.487. The highest BCUT2D eigenvalue weighted by atomic mass is 19.1. The topological polar surface area (TPSA) is 64.1 Å². The highest BCUT2D eigenvalue weighted by molar-refractivity contribution is 5.85. The number of nitrogens with one attached hydrogen (secondary N) is 1. The second-order valence-electron chi connectivity index (χ2n) is 8.45. The standard InChI is InChI=1S/C27H24FN3O2/c1-16-14-29-17(2)26(31-16)22-9-10-24(28)23-13-21(33-27(22)23)15-30-25(32)12-18-7-8-19-5-3-4-6-20(19)11-18/h3-11,14,21H,12-13,15H2,1-2H3,(H,30,32). The van der Waals surface area contributed by atoms with E-state index in [0.717, 1.165) is 33.3 Å². The number of aryl methyl sites for hydroxylation is 2. The monoisotopic (exact) mass is 441 g/mol. The number of ether oxygens (including phenoxy) is 1. The molecule has 5 nitrogen and oxygen atoms in total. The summed E-state index contributed by atoms with van der Waals surface area (Å²) >= 11 is 0. The molecule has 2 heterocycles. The number of nitrogens with zero attached hydrogens (tertiary/aromatic N) is 2. The van der Waals surface area contributed by atoms with Crippen LogP contribution in [0.1, 0.15) is 22.5 Å². The number of rotatable bonds is 5. The van der Waals surface area contributed by atoms with Gasteiger partial charge in [-0.05, 0) is 42.3 Å². The van der Waals surface area contributed by atoms with Crippen LogP contribution < -0.4 is 10.1 Å². The Morgan fingerprint density at radius 1 is 1.12 bits per heavy atom. The largest absolute Gasteiger partial charge is 0.487 e. The number of fused-ring (bicyclic) bond motifs is 2. The van der Waals surface area contributed by atoms with Gasteiger partial charge in [-0.25, -0.2) is 9.37 Å². The van der Waals surface area contributed by atoms with Crippen molar-refractivity contribution in [1.82, 2.24) is 15.3 Å². The predicted octanol–water partition coefficient (Wildman–Crippen LogP) is 4.72. The molecule has 1 unspecified atom stereocenters. The van der Waals surface area contributed by atoms with Crippen molar-refractivity contribution in [1.29, 1.82) is 0 Å². The summed E-state index contributed by atoms with van der Waals surface area (Å²) in [7, 11) is 0. The van der Waals surface area contributed by atoms with Crippen molar-refractivity contribution in [3.8, 4) is 17.0 Å². The Balaban J connectivity index is 1.27. The van der Waals surface area contributed by atoms with Gasteiger partial charge in [-0.15, -0.1) is 0 Å². The van der Waals surface area contributed by atoms with Crippen molar-refractivity contribution in [3.05, 3.63) is 89.1 Å². The molecule has 1 aliphatic heterocycles. The number of hydrogen-bond donors (Lipinski definition) is 1. The first kappa shape index (κ1) is 21.1.